The molecule has 0 aromatic heterocycles. The second-order valence-corrected chi connectivity index (χ2v) is 6.83. The van der Waals surface area contributed by atoms with E-state index in [1.807, 2.05) is 30.3 Å². The zero-order chi connectivity index (χ0) is 18.2. The normalized spacial score (nSPS) is 10.3. The van der Waals surface area contributed by atoms with E-state index in [4.69, 9.17) is 12.2 Å². The van der Waals surface area contributed by atoms with Gasteiger partial charge in [0.05, 0.1) is 0 Å². The van der Waals surface area contributed by atoms with Gasteiger partial charge in [-0.25, -0.2) is 0 Å². The van der Waals surface area contributed by atoms with Gasteiger partial charge in [-0.3, -0.25) is 0 Å². The van der Waals surface area contributed by atoms with Crippen molar-refractivity contribution < 1.29 is 0 Å². The van der Waals surface area contributed by atoms with E-state index in [9.17, 15) is 0 Å². The number of aryl methyl sites for hydroxylation is 1. The average molecular weight is 361 g/mol. The molecule has 0 aliphatic rings. The first-order valence-electron chi connectivity index (χ1n) is 8.91. The van der Waals surface area contributed by atoms with E-state index < -0.39 is 0 Å². The van der Waals surface area contributed by atoms with Crippen molar-refractivity contribution in [2.24, 2.45) is 0 Å². The van der Waals surface area contributed by atoms with Crippen molar-refractivity contribution in [2.45, 2.75) is 19.9 Å². The molecule has 3 aromatic rings. The van der Waals surface area contributed by atoms with Gasteiger partial charge in [0.1, 0.15) is 0 Å². The highest BCUT2D eigenvalue weighted by molar-refractivity contribution is 7.80. The maximum atomic E-state index is 5.71. The molecule has 0 radical (unpaired) electrons. The fraction of sp³-hybridized carbons (Fsp3) is 0.174. The molecule has 3 aromatic carbocycles. The molecule has 2 nitrogen and oxygen atoms in total. The van der Waals surface area contributed by atoms with Crippen LogP contribution < -0.4 is 5.32 Å². The molecule has 0 bridgehead atoms. The van der Waals surface area contributed by atoms with Crippen LogP contribution in [-0.4, -0.2) is 16.6 Å². The van der Waals surface area contributed by atoms with Crippen LogP contribution >= 0.6 is 12.2 Å². The molecule has 0 saturated carbocycles. The molecular formula is C23H24N2S. The highest BCUT2D eigenvalue weighted by Gasteiger charge is 2.11. The lowest BCUT2D eigenvalue weighted by Gasteiger charge is -2.26. The molecule has 0 unspecified atom stereocenters. The lowest BCUT2D eigenvalue weighted by atomic mass is 10.1. The number of hydrogen-bond acceptors (Lipinski definition) is 1. The molecule has 3 heteroatoms. The van der Waals surface area contributed by atoms with Gasteiger partial charge in [-0.15, -0.1) is 0 Å². The summed E-state index contributed by atoms with van der Waals surface area (Å²) in [5.41, 5.74) is 4.88. The number of rotatable bonds is 6. The summed E-state index contributed by atoms with van der Waals surface area (Å²) in [5.74, 6) is 0. The molecule has 1 N–H and O–H groups in total. The van der Waals surface area contributed by atoms with E-state index in [-0.39, 0.29) is 0 Å². The Morgan fingerprint density at radius 3 is 2.08 bits per heavy atom. The number of anilines is 1. The Morgan fingerprint density at radius 2 is 1.42 bits per heavy atom. The minimum absolute atomic E-state index is 0.757. The van der Waals surface area contributed by atoms with Crippen molar-refractivity contribution in [3.63, 3.8) is 0 Å². The number of nitrogens with one attached hydrogen (secondary N) is 1. The lowest BCUT2D eigenvalue weighted by molar-refractivity contribution is 0.423. The predicted octanol–water partition coefficient (Wildman–Crippen LogP) is 5.44. The highest BCUT2D eigenvalue weighted by atomic mass is 32.1. The van der Waals surface area contributed by atoms with Crippen molar-refractivity contribution in [2.75, 3.05) is 11.9 Å². The summed E-state index contributed by atoms with van der Waals surface area (Å²) in [6, 6.07) is 29.3. The fourth-order valence-electron chi connectivity index (χ4n) is 2.80. The topological polar surface area (TPSA) is 15.3 Å². The van der Waals surface area contributed by atoms with Crippen molar-refractivity contribution in [3.05, 3.63) is 102 Å². The molecule has 0 atom stereocenters. The van der Waals surface area contributed by atoms with Crippen molar-refractivity contribution >= 4 is 23.0 Å². The summed E-state index contributed by atoms with van der Waals surface area (Å²) < 4.78 is 0. The average Bonchev–Trinajstić information content (AvgIpc) is 2.68. The molecule has 0 aliphatic heterocycles. The number of thiocarbonyl (C=S) groups is 1. The van der Waals surface area contributed by atoms with Gasteiger partial charge < -0.3 is 10.2 Å². The van der Waals surface area contributed by atoms with Gasteiger partial charge in [0, 0.05) is 18.8 Å². The van der Waals surface area contributed by atoms with Crippen LogP contribution in [0.25, 0.3) is 0 Å². The molecule has 0 heterocycles. The van der Waals surface area contributed by atoms with E-state index in [0.29, 0.717) is 0 Å². The Hall–Kier alpha value is -2.65. The molecule has 0 fully saturated rings. The summed E-state index contributed by atoms with van der Waals surface area (Å²) >= 11 is 5.71. The summed E-state index contributed by atoms with van der Waals surface area (Å²) in [6.45, 7) is 3.78. The van der Waals surface area contributed by atoms with E-state index >= 15 is 0 Å². The van der Waals surface area contributed by atoms with Gasteiger partial charge >= 0.3 is 0 Å². The largest absolute Gasteiger partial charge is 0.344 e. The second kappa shape index (κ2) is 9.16. The van der Waals surface area contributed by atoms with Crippen molar-refractivity contribution in [1.29, 1.82) is 0 Å². The molecule has 132 valence electrons. The van der Waals surface area contributed by atoms with Crippen LogP contribution in [-0.2, 0) is 13.0 Å². The van der Waals surface area contributed by atoms with Crippen molar-refractivity contribution in [1.82, 2.24) is 4.90 Å². The first kappa shape index (κ1) is 18.2. The van der Waals surface area contributed by atoms with Gasteiger partial charge in [-0.1, -0.05) is 78.4 Å². The van der Waals surface area contributed by atoms with Crippen LogP contribution in [0.3, 0.4) is 0 Å². The quantitative estimate of drug-likeness (QED) is 0.590. The second-order valence-electron chi connectivity index (χ2n) is 6.44. The van der Waals surface area contributed by atoms with Crippen LogP contribution in [0.1, 0.15) is 16.7 Å². The van der Waals surface area contributed by atoms with Crippen LogP contribution in [0, 0.1) is 6.92 Å². The van der Waals surface area contributed by atoms with Crippen LogP contribution in [0.4, 0.5) is 5.69 Å². The molecule has 0 aliphatic carbocycles. The van der Waals surface area contributed by atoms with Gasteiger partial charge in [-0.05, 0) is 48.8 Å². The molecule has 3 rings (SSSR count). The van der Waals surface area contributed by atoms with Crippen LogP contribution in [0.2, 0.25) is 0 Å². The first-order valence-corrected chi connectivity index (χ1v) is 9.32. The van der Waals surface area contributed by atoms with Gasteiger partial charge in [0.2, 0.25) is 0 Å². The number of para-hydroxylation sites is 1. The summed E-state index contributed by atoms with van der Waals surface area (Å²) in [6.07, 6.45) is 0.962. The van der Waals surface area contributed by atoms with Gasteiger partial charge in [0.15, 0.2) is 5.11 Å². The Labute approximate surface area is 161 Å². The van der Waals surface area contributed by atoms with Crippen molar-refractivity contribution in [3.8, 4) is 0 Å². The standard InChI is InChI=1S/C23H24N2S/c1-19-12-14-21(15-13-19)18-25(17-16-20-8-4-2-5-9-20)23(26)24-22-10-6-3-7-11-22/h2-15H,16-18H2,1H3,(H,24,26). The summed E-state index contributed by atoms with van der Waals surface area (Å²) in [5, 5.41) is 4.12. The van der Waals surface area contributed by atoms with Gasteiger partial charge in [0.25, 0.3) is 0 Å². The smallest absolute Gasteiger partial charge is 0.173 e. The Bertz CT molecular complexity index is 814. The molecular weight excluding hydrogens is 336 g/mol. The summed E-state index contributed by atoms with van der Waals surface area (Å²) in [4.78, 5) is 2.24. The molecule has 26 heavy (non-hydrogen) atoms. The highest BCUT2D eigenvalue weighted by Crippen LogP contribution is 2.12. The molecule has 0 amide bonds. The Kier molecular flexibility index (Phi) is 6.39. The van der Waals surface area contributed by atoms with E-state index in [2.05, 4.69) is 71.7 Å². The third-order valence-corrected chi connectivity index (χ3v) is 4.68. The monoisotopic (exact) mass is 360 g/mol. The maximum Gasteiger partial charge on any atom is 0.173 e. The fourth-order valence-corrected chi connectivity index (χ4v) is 3.07. The zero-order valence-electron chi connectivity index (χ0n) is 15.1. The molecule has 0 spiro atoms. The van der Waals surface area contributed by atoms with E-state index in [1.54, 1.807) is 0 Å². The van der Waals surface area contributed by atoms with Crippen LogP contribution in [0.15, 0.2) is 84.9 Å². The van der Waals surface area contributed by atoms with Crippen LogP contribution in [0.5, 0.6) is 0 Å². The number of nitrogens with zero attached hydrogens (tertiary/aromatic N) is 1. The maximum absolute atomic E-state index is 5.71. The first-order chi connectivity index (χ1) is 12.7. The Balaban J connectivity index is 1.71. The molecule has 0 saturated heterocycles. The third-order valence-electron chi connectivity index (χ3n) is 4.32. The Morgan fingerprint density at radius 1 is 0.808 bits per heavy atom. The number of hydrogen-bond donors (Lipinski definition) is 1. The predicted molar refractivity (Wildman–Crippen MR) is 114 cm³/mol. The lowest BCUT2D eigenvalue weighted by Crippen LogP contribution is -2.35. The van der Waals surface area contributed by atoms with Gasteiger partial charge in [-0.2, -0.15) is 0 Å². The third kappa shape index (κ3) is 5.43. The van der Waals surface area contributed by atoms with E-state index in [0.717, 1.165) is 30.3 Å². The number of benzene rings is 3. The minimum atomic E-state index is 0.757. The minimum Gasteiger partial charge on any atom is -0.344 e. The van der Waals surface area contributed by atoms with E-state index in [1.165, 1.54) is 16.7 Å². The zero-order valence-corrected chi connectivity index (χ0v) is 15.9. The SMILES string of the molecule is Cc1ccc(CN(CCc2ccccc2)C(=S)Nc2ccccc2)cc1. The summed E-state index contributed by atoms with van der Waals surface area (Å²) in [7, 11) is 0.